The first-order valence-electron chi connectivity index (χ1n) is 19.1. The molecule has 0 bridgehead atoms. The molecule has 5 unspecified atom stereocenters. The molecule has 0 radical (unpaired) electrons. The van der Waals surface area contributed by atoms with Crippen LogP contribution in [0, 0.1) is 17.8 Å². The van der Waals surface area contributed by atoms with Crippen molar-refractivity contribution < 1.29 is 38.6 Å². The van der Waals surface area contributed by atoms with Crippen molar-refractivity contribution in [3.05, 3.63) is 0 Å². The summed E-state index contributed by atoms with van der Waals surface area (Å²) >= 11 is 0. The van der Waals surface area contributed by atoms with E-state index in [1.807, 2.05) is 13.8 Å². The lowest BCUT2D eigenvalue weighted by Crippen LogP contribution is -2.57. The summed E-state index contributed by atoms with van der Waals surface area (Å²) in [6, 6.07) is 0.336. The Morgan fingerprint density at radius 2 is 1.50 bits per heavy atom. The third kappa shape index (κ3) is 11.9. The molecule has 13 nitrogen and oxygen atoms in total. The molecule has 3 saturated carbocycles. The van der Waals surface area contributed by atoms with Gasteiger partial charge >= 0.3 is 12.0 Å². The Kier molecular flexibility index (Phi) is 14.9. The maximum atomic E-state index is 13.8. The van der Waals surface area contributed by atoms with Gasteiger partial charge in [0.25, 0.3) is 0 Å². The van der Waals surface area contributed by atoms with E-state index in [0.717, 1.165) is 44.9 Å². The zero-order chi connectivity index (χ0) is 36.4. The zero-order valence-corrected chi connectivity index (χ0v) is 31.0. The number of ether oxygens (including phenoxy) is 2. The molecule has 5 atom stereocenters. The fraction of sp³-hybridized carbons (Fsp3) is 0.865. The van der Waals surface area contributed by atoms with Gasteiger partial charge in [0, 0.05) is 37.1 Å². The van der Waals surface area contributed by atoms with Crippen molar-refractivity contribution in [2.45, 2.75) is 154 Å². The SMILES string of the molecule is CC(C)CCN(CC(=O)C(C)(C)NC1CCC(NC(=O)NC2CCCCC2C)CC1)C(=O)CN(CCC(=O)O)C(=O)C1CCC2OCOC2C1. The Bertz CT molecular complexity index is 1170. The van der Waals surface area contributed by atoms with E-state index >= 15 is 0 Å². The Hall–Kier alpha value is -2.77. The van der Waals surface area contributed by atoms with Crippen LogP contribution in [-0.4, -0.2) is 113 Å². The van der Waals surface area contributed by atoms with E-state index in [1.54, 1.807) is 0 Å². The van der Waals surface area contributed by atoms with Crippen LogP contribution in [0.25, 0.3) is 0 Å². The minimum atomic E-state index is -1.05. The Labute approximate surface area is 298 Å². The highest BCUT2D eigenvalue weighted by Gasteiger charge is 2.41. The molecule has 4 N–H and O–H groups in total. The van der Waals surface area contributed by atoms with Gasteiger partial charge in [-0.15, -0.1) is 0 Å². The standard InChI is InChI=1S/C37H63N5O8/c1-24(2)16-18-41(33(44)22-42(19-17-34(45)46)35(47)26-10-15-30-31(20-26)50-23-49-30)21-32(43)37(4,5)40-28-13-11-27(12-14-28)38-36(48)39-29-9-7-6-8-25(29)3/h24-31,40H,6-23H2,1-5H3,(H,45,46)(H2,38,39,48). The summed E-state index contributed by atoms with van der Waals surface area (Å²) in [7, 11) is 0. The molecule has 284 valence electrons. The van der Waals surface area contributed by atoms with E-state index in [1.165, 1.54) is 16.2 Å². The number of nitrogens with one attached hydrogen (secondary N) is 3. The molecule has 4 rings (SSSR count). The van der Waals surface area contributed by atoms with Gasteiger partial charge in [0.15, 0.2) is 5.78 Å². The highest BCUT2D eigenvalue weighted by molar-refractivity contribution is 5.93. The number of aliphatic carboxylic acids is 1. The van der Waals surface area contributed by atoms with Gasteiger partial charge in [0.05, 0.1) is 37.3 Å². The molecule has 4 aliphatic rings. The van der Waals surface area contributed by atoms with E-state index in [-0.39, 0.29) is 98.6 Å². The first kappa shape index (κ1) is 40.0. The molecule has 0 aromatic heterocycles. The van der Waals surface area contributed by atoms with Crippen LogP contribution in [0.2, 0.25) is 0 Å². The first-order valence-corrected chi connectivity index (χ1v) is 19.1. The van der Waals surface area contributed by atoms with Crippen molar-refractivity contribution in [3.8, 4) is 0 Å². The molecule has 1 heterocycles. The number of hydrogen-bond acceptors (Lipinski definition) is 8. The van der Waals surface area contributed by atoms with Gasteiger partial charge < -0.3 is 40.3 Å². The second-order valence-electron chi connectivity index (χ2n) is 16.2. The van der Waals surface area contributed by atoms with Crippen LogP contribution in [0.5, 0.6) is 0 Å². The average Bonchev–Trinajstić information content (AvgIpc) is 3.54. The maximum Gasteiger partial charge on any atom is 0.315 e. The van der Waals surface area contributed by atoms with Gasteiger partial charge in [-0.1, -0.05) is 33.6 Å². The van der Waals surface area contributed by atoms with E-state index in [4.69, 9.17) is 9.47 Å². The molecule has 0 spiro atoms. The second kappa shape index (κ2) is 18.6. The lowest BCUT2D eigenvalue weighted by Gasteiger charge is -2.37. The van der Waals surface area contributed by atoms with Crippen molar-refractivity contribution in [2.75, 3.05) is 33.0 Å². The molecular formula is C37H63N5O8. The van der Waals surface area contributed by atoms with Crippen molar-refractivity contribution >= 4 is 29.6 Å². The number of carboxylic acids is 1. The number of carboxylic acid groups (broad SMARTS) is 1. The van der Waals surface area contributed by atoms with Crippen LogP contribution in [0.1, 0.15) is 118 Å². The van der Waals surface area contributed by atoms with Crippen LogP contribution in [0.15, 0.2) is 0 Å². The van der Waals surface area contributed by atoms with E-state index < -0.39 is 11.5 Å². The Balaban J connectivity index is 1.31. The van der Waals surface area contributed by atoms with Crippen LogP contribution in [0.3, 0.4) is 0 Å². The number of hydrogen-bond donors (Lipinski definition) is 4. The number of rotatable bonds is 16. The number of ketones is 1. The second-order valence-corrected chi connectivity index (χ2v) is 16.2. The summed E-state index contributed by atoms with van der Waals surface area (Å²) in [5, 5.41) is 19.3. The maximum absolute atomic E-state index is 13.8. The summed E-state index contributed by atoms with van der Waals surface area (Å²) < 4.78 is 11.2. The fourth-order valence-corrected chi connectivity index (χ4v) is 7.90. The summed E-state index contributed by atoms with van der Waals surface area (Å²) in [5.74, 6) is -1.39. The molecule has 3 aliphatic carbocycles. The third-order valence-electron chi connectivity index (χ3n) is 11.3. The summed E-state index contributed by atoms with van der Waals surface area (Å²) in [6.45, 7) is 10.1. The third-order valence-corrected chi connectivity index (χ3v) is 11.3. The predicted octanol–water partition coefficient (Wildman–Crippen LogP) is 3.83. The largest absolute Gasteiger partial charge is 0.481 e. The molecule has 1 saturated heterocycles. The summed E-state index contributed by atoms with van der Waals surface area (Å²) in [4.78, 5) is 68.4. The van der Waals surface area contributed by atoms with Crippen LogP contribution < -0.4 is 16.0 Å². The first-order chi connectivity index (χ1) is 23.7. The van der Waals surface area contributed by atoms with Crippen molar-refractivity contribution in [1.29, 1.82) is 0 Å². The van der Waals surface area contributed by atoms with Crippen molar-refractivity contribution in [3.63, 3.8) is 0 Å². The molecule has 0 aromatic carbocycles. The number of fused-ring (bicyclic) bond motifs is 1. The van der Waals surface area contributed by atoms with E-state index in [2.05, 4.69) is 36.7 Å². The number of amides is 4. The highest BCUT2D eigenvalue weighted by Crippen LogP contribution is 2.33. The fourth-order valence-electron chi connectivity index (χ4n) is 7.90. The van der Waals surface area contributed by atoms with Crippen LogP contribution in [-0.2, 0) is 28.7 Å². The minimum Gasteiger partial charge on any atom is -0.481 e. The van der Waals surface area contributed by atoms with Gasteiger partial charge in [-0.25, -0.2) is 4.79 Å². The van der Waals surface area contributed by atoms with Gasteiger partial charge in [-0.2, -0.15) is 0 Å². The predicted molar refractivity (Wildman–Crippen MR) is 188 cm³/mol. The Morgan fingerprint density at radius 1 is 0.820 bits per heavy atom. The minimum absolute atomic E-state index is 0.0316. The number of nitrogens with zero attached hydrogens (tertiary/aromatic N) is 2. The normalized spacial score (nSPS) is 28.4. The molecule has 0 aromatic rings. The summed E-state index contributed by atoms with van der Waals surface area (Å²) in [6.07, 6.45) is 9.76. The smallest absolute Gasteiger partial charge is 0.315 e. The average molecular weight is 706 g/mol. The Morgan fingerprint density at radius 3 is 2.18 bits per heavy atom. The number of carbonyl (C=O) groups is 5. The van der Waals surface area contributed by atoms with Gasteiger partial charge in [-0.05, 0) is 89.9 Å². The lowest BCUT2D eigenvalue weighted by molar-refractivity contribution is -0.147. The van der Waals surface area contributed by atoms with Gasteiger partial charge in [0.2, 0.25) is 11.8 Å². The highest BCUT2D eigenvalue weighted by atomic mass is 16.7. The molecule has 13 heteroatoms. The zero-order valence-electron chi connectivity index (χ0n) is 31.0. The molecule has 1 aliphatic heterocycles. The van der Waals surface area contributed by atoms with E-state index in [9.17, 15) is 29.1 Å². The van der Waals surface area contributed by atoms with Gasteiger partial charge in [0.1, 0.15) is 6.79 Å². The quantitative estimate of drug-likeness (QED) is 0.187. The molecular weight excluding hydrogens is 642 g/mol. The molecule has 4 fully saturated rings. The number of Topliss-reactive ketones (excluding diaryl/α,β-unsaturated/α-hetero) is 1. The molecule has 4 amide bonds. The summed E-state index contributed by atoms with van der Waals surface area (Å²) in [5.41, 5.74) is -0.906. The monoisotopic (exact) mass is 705 g/mol. The number of carbonyl (C=O) groups excluding carboxylic acids is 4. The molecule has 50 heavy (non-hydrogen) atoms. The van der Waals surface area contributed by atoms with Crippen LogP contribution in [0.4, 0.5) is 4.79 Å². The van der Waals surface area contributed by atoms with Crippen LogP contribution >= 0.6 is 0 Å². The van der Waals surface area contributed by atoms with Crippen molar-refractivity contribution in [1.82, 2.24) is 25.8 Å². The number of urea groups is 1. The van der Waals surface area contributed by atoms with E-state index in [0.29, 0.717) is 38.1 Å². The lowest BCUT2D eigenvalue weighted by atomic mass is 9.84. The van der Waals surface area contributed by atoms with Crippen molar-refractivity contribution in [2.24, 2.45) is 17.8 Å². The topological polar surface area (TPSA) is 167 Å². The van der Waals surface area contributed by atoms with Gasteiger partial charge in [-0.3, -0.25) is 19.2 Å².